The molecule has 41 heavy (non-hydrogen) atoms. The third-order valence-electron chi connectivity index (χ3n) is 6.19. The van der Waals surface area contributed by atoms with E-state index in [1.807, 2.05) is 12.1 Å². The smallest absolute Gasteiger partial charge is 0.328 e. The van der Waals surface area contributed by atoms with Gasteiger partial charge in [-0.25, -0.2) is 19.0 Å². The summed E-state index contributed by atoms with van der Waals surface area (Å²) in [5.41, 5.74) is 1.80. The van der Waals surface area contributed by atoms with Crippen molar-refractivity contribution in [3.05, 3.63) is 88.0 Å². The first-order valence-electron chi connectivity index (χ1n) is 12.6. The van der Waals surface area contributed by atoms with Crippen molar-refractivity contribution in [3.8, 4) is 10.6 Å². The summed E-state index contributed by atoms with van der Waals surface area (Å²) in [7, 11) is 0. The summed E-state index contributed by atoms with van der Waals surface area (Å²) in [4.78, 5) is 48.5. The van der Waals surface area contributed by atoms with Crippen molar-refractivity contribution in [2.45, 2.75) is 25.8 Å². The van der Waals surface area contributed by atoms with E-state index in [1.54, 1.807) is 12.1 Å². The highest BCUT2D eigenvalue weighted by atomic mass is 32.1. The summed E-state index contributed by atoms with van der Waals surface area (Å²) in [6.45, 7) is 3.37. The highest BCUT2D eigenvalue weighted by Crippen LogP contribution is 2.24. The van der Waals surface area contributed by atoms with Gasteiger partial charge in [-0.05, 0) is 79.6 Å². The van der Waals surface area contributed by atoms with Gasteiger partial charge in [0.1, 0.15) is 10.8 Å². The molecule has 0 bridgehead atoms. The largest absolute Gasteiger partial charge is 0.478 e. The molecule has 2 heterocycles. The van der Waals surface area contributed by atoms with Gasteiger partial charge in [-0.3, -0.25) is 19.8 Å². The van der Waals surface area contributed by atoms with E-state index < -0.39 is 16.9 Å². The summed E-state index contributed by atoms with van der Waals surface area (Å²) in [5.74, 6) is -2.38. The number of carbonyl (C=O) groups excluding carboxylic acids is 1. The van der Waals surface area contributed by atoms with Gasteiger partial charge in [-0.1, -0.05) is 12.1 Å². The highest BCUT2D eigenvalue weighted by Gasteiger charge is 2.20. The van der Waals surface area contributed by atoms with Crippen molar-refractivity contribution >= 4 is 35.1 Å². The lowest BCUT2D eigenvalue weighted by Crippen LogP contribution is -2.35. The second-order valence-corrected chi connectivity index (χ2v) is 9.88. The minimum Gasteiger partial charge on any atom is -0.478 e. The Labute approximate surface area is 238 Å². The molecule has 1 aromatic heterocycles. The molecule has 14 heteroatoms. The number of benzene rings is 2. The van der Waals surface area contributed by atoms with E-state index in [2.05, 4.69) is 19.6 Å². The molecule has 0 unspecified atom stereocenters. The Balaban J connectivity index is 0.000000507. The molecule has 4 rings (SSSR count). The average Bonchev–Trinajstić information content (AvgIpc) is 3.45. The Morgan fingerprint density at radius 3 is 2.22 bits per heavy atom. The summed E-state index contributed by atoms with van der Waals surface area (Å²) in [6, 6.07) is 12.7. The second kappa shape index (κ2) is 15.3. The van der Waals surface area contributed by atoms with E-state index in [4.69, 9.17) is 10.2 Å². The van der Waals surface area contributed by atoms with Crippen LogP contribution in [0.4, 0.5) is 10.1 Å². The predicted octanol–water partition coefficient (Wildman–Crippen LogP) is 4.00. The molecule has 0 atom stereocenters. The maximum Gasteiger partial charge on any atom is 0.328 e. The van der Waals surface area contributed by atoms with Gasteiger partial charge in [0, 0.05) is 42.9 Å². The molecule has 0 spiro atoms. The molecule has 216 valence electrons. The molecule has 1 saturated heterocycles. The number of nitro benzene ring substituents is 1. The van der Waals surface area contributed by atoms with Crippen LogP contribution in [0.15, 0.2) is 60.7 Å². The van der Waals surface area contributed by atoms with Crippen LogP contribution in [0.3, 0.4) is 0 Å². The first-order valence-corrected chi connectivity index (χ1v) is 13.4. The third kappa shape index (κ3) is 10.5. The number of piperidine rings is 1. The fourth-order valence-electron chi connectivity index (χ4n) is 4.05. The van der Waals surface area contributed by atoms with Gasteiger partial charge in [-0.15, -0.1) is 0 Å². The fraction of sp³-hybridized carbons (Fsp3) is 0.296. The minimum atomic E-state index is -1.26. The molecule has 1 aliphatic rings. The van der Waals surface area contributed by atoms with E-state index in [9.17, 15) is 28.9 Å². The number of halogens is 1. The first kappa shape index (κ1) is 31.0. The van der Waals surface area contributed by atoms with Gasteiger partial charge in [0.25, 0.3) is 11.6 Å². The van der Waals surface area contributed by atoms with Crippen molar-refractivity contribution in [1.29, 1.82) is 0 Å². The second-order valence-electron chi connectivity index (χ2n) is 9.13. The standard InChI is InChI=1S/C23H24FN5O3S.C4H4O4/c24-19-5-1-17(2-6-19)15-28-13-10-16(11-14-28)9-12-25-22(30)21-26-23(33-27-21)18-3-7-20(8-4-18)29(31)32;5-3(6)1-2-4(7)8/h1-8,16H,9-15H2,(H,25,30);1-2H,(H,5,6)(H,7,8)/b;2-1+. The summed E-state index contributed by atoms with van der Waals surface area (Å²) < 4.78 is 17.2. The topological polar surface area (TPSA) is 176 Å². The van der Waals surface area contributed by atoms with Crippen molar-refractivity contribution in [1.82, 2.24) is 19.6 Å². The fourth-order valence-corrected chi connectivity index (χ4v) is 4.72. The zero-order chi connectivity index (χ0) is 29.8. The number of nitro groups is 1. The van der Waals surface area contributed by atoms with Crippen molar-refractivity contribution in [3.63, 3.8) is 0 Å². The van der Waals surface area contributed by atoms with Crippen LogP contribution in [0, 0.1) is 21.8 Å². The van der Waals surface area contributed by atoms with Gasteiger partial charge in [0.05, 0.1) is 4.92 Å². The molecule has 1 amide bonds. The number of amides is 1. The highest BCUT2D eigenvalue weighted by molar-refractivity contribution is 7.09. The lowest BCUT2D eigenvalue weighted by molar-refractivity contribution is -0.384. The normalized spacial score (nSPS) is 13.8. The number of nitrogens with one attached hydrogen (secondary N) is 1. The van der Waals surface area contributed by atoms with Crippen LogP contribution in [0.5, 0.6) is 0 Å². The molecule has 0 aliphatic carbocycles. The maximum absolute atomic E-state index is 13.0. The van der Waals surface area contributed by atoms with Crippen LogP contribution >= 0.6 is 11.5 Å². The van der Waals surface area contributed by atoms with Gasteiger partial charge < -0.3 is 15.5 Å². The predicted molar refractivity (Wildman–Crippen MR) is 148 cm³/mol. The zero-order valence-electron chi connectivity index (χ0n) is 21.8. The number of non-ortho nitro benzene ring substituents is 1. The molecule has 1 fully saturated rings. The number of aromatic nitrogens is 2. The van der Waals surface area contributed by atoms with Gasteiger partial charge in [-0.2, -0.15) is 4.37 Å². The molecular weight excluding hydrogens is 557 g/mol. The first-order chi connectivity index (χ1) is 19.6. The summed E-state index contributed by atoms with van der Waals surface area (Å²) in [5, 5.41) is 29.8. The van der Waals surface area contributed by atoms with Crippen molar-refractivity contribution < 1.29 is 33.9 Å². The number of carboxylic acids is 2. The van der Waals surface area contributed by atoms with Gasteiger partial charge in [0.2, 0.25) is 5.82 Å². The third-order valence-corrected chi connectivity index (χ3v) is 6.95. The quantitative estimate of drug-likeness (QED) is 0.179. The van der Waals surface area contributed by atoms with E-state index in [-0.39, 0.29) is 23.2 Å². The maximum atomic E-state index is 13.0. The Hall–Kier alpha value is -4.56. The van der Waals surface area contributed by atoms with E-state index in [1.165, 1.54) is 24.3 Å². The van der Waals surface area contributed by atoms with Crippen molar-refractivity contribution in [2.24, 2.45) is 5.92 Å². The number of hydrogen-bond acceptors (Lipinski definition) is 9. The van der Waals surface area contributed by atoms with Crippen LogP contribution in [0.25, 0.3) is 10.6 Å². The van der Waals surface area contributed by atoms with Crippen molar-refractivity contribution in [2.75, 3.05) is 19.6 Å². The monoisotopic (exact) mass is 585 g/mol. The average molecular weight is 586 g/mol. The van der Waals surface area contributed by atoms with Gasteiger partial charge >= 0.3 is 11.9 Å². The molecular formula is C27H28FN5O7S. The Morgan fingerprint density at radius 2 is 1.66 bits per heavy atom. The molecule has 3 aromatic rings. The van der Waals surface area contributed by atoms with E-state index in [0.717, 1.165) is 56.0 Å². The van der Waals surface area contributed by atoms with Crippen LogP contribution in [-0.4, -0.2) is 66.9 Å². The lowest BCUT2D eigenvalue weighted by atomic mass is 9.93. The Morgan fingerprint density at radius 1 is 1.05 bits per heavy atom. The number of aliphatic carboxylic acids is 2. The molecule has 12 nitrogen and oxygen atoms in total. The number of hydrogen-bond donors (Lipinski definition) is 3. The molecule has 0 radical (unpaired) electrons. The summed E-state index contributed by atoms with van der Waals surface area (Å²) >= 11 is 1.09. The summed E-state index contributed by atoms with van der Waals surface area (Å²) in [6.07, 6.45) is 4.15. The number of rotatable bonds is 10. The lowest BCUT2D eigenvalue weighted by Gasteiger charge is -2.32. The van der Waals surface area contributed by atoms with Crippen LogP contribution in [-0.2, 0) is 16.1 Å². The molecule has 0 saturated carbocycles. The van der Waals surface area contributed by atoms with Gasteiger partial charge in [0.15, 0.2) is 0 Å². The number of nitrogens with zero attached hydrogens (tertiary/aromatic N) is 4. The Bertz CT molecular complexity index is 1360. The van der Waals surface area contributed by atoms with Crippen LogP contribution in [0.2, 0.25) is 0 Å². The molecule has 1 aliphatic heterocycles. The molecule has 3 N–H and O–H groups in total. The minimum absolute atomic E-state index is 0.00233. The number of carbonyl (C=O) groups is 3. The zero-order valence-corrected chi connectivity index (χ0v) is 22.6. The van der Waals surface area contributed by atoms with E-state index >= 15 is 0 Å². The van der Waals surface area contributed by atoms with Crippen LogP contribution < -0.4 is 5.32 Å². The number of likely N-dealkylation sites (tertiary alicyclic amines) is 1. The SMILES string of the molecule is O=C(NCCC1CCN(Cc2ccc(F)cc2)CC1)c1nsc(-c2ccc([N+](=O)[O-])cc2)n1.O=C(O)/C=C/C(=O)O. The number of carboxylic acid groups (broad SMARTS) is 2. The molecule has 2 aromatic carbocycles. The van der Waals surface area contributed by atoms with Crippen LogP contribution in [0.1, 0.15) is 35.4 Å². The Kier molecular flexibility index (Phi) is 11.5. The van der Waals surface area contributed by atoms with E-state index in [0.29, 0.717) is 35.2 Å².